The zero-order valence-electron chi connectivity index (χ0n) is 26.8. The highest BCUT2D eigenvalue weighted by Crippen LogP contribution is 2.33. The van der Waals surface area contributed by atoms with Crippen LogP contribution in [0.15, 0.2) is 0 Å². The van der Waals surface area contributed by atoms with E-state index in [4.69, 9.17) is 23.7 Å². The van der Waals surface area contributed by atoms with Crippen molar-refractivity contribution in [1.29, 1.82) is 0 Å². The number of aliphatic hydroxyl groups is 4. The van der Waals surface area contributed by atoms with Gasteiger partial charge in [-0.05, 0) is 60.8 Å². The molecule has 8 N–H and O–H groups in total. The van der Waals surface area contributed by atoms with Gasteiger partial charge in [0.05, 0.1) is 36.1 Å². The summed E-state index contributed by atoms with van der Waals surface area (Å²) in [5.41, 5.74) is -2.00. The molecule has 1 aliphatic rings. The molecule has 41 heavy (non-hydrogen) atoms. The smallest absolute Gasteiger partial charge is 0.151 e. The summed E-state index contributed by atoms with van der Waals surface area (Å²) in [6.07, 6.45) is -6.91. The van der Waals surface area contributed by atoms with Crippen molar-refractivity contribution in [2.24, 2.45) is 5.41 Å². The molecule has 0 bridgehead atoms. The molecule has 1 saturated heterocycles. The Kier molecular flexibility index (Phi) is 19.3. The molecule has 248 valence electrons. The van der Waals surface area contributed by atoms with Gasteiger partial charge < -0.3 is 64.7 Å². The molecular formula is C28H58O13. The van der Waals surface area contributed by atoms with Crippen molar-refractivity contribution in [3.63, 3.8) is 0 Å². The van der Waals surface area contributed by atoms with Crippen molar-refractivity contribution in [2.75, 3.05) is 20.3 Å². The lowest BCUT2D eigenvalue weighted by molar-refractivity contribution is -0.258. The molecule has 1 aliphatic heterocycles. The van der Waals surface area contributed by atoms with E-state index in [9.17, 15) is 30.0 Å². The van der Waals surface area contributed by atoms with Gasteiger partial charge in [0, 0.05) is 7.11 Å². The first kappa shape index (κ1) is 44.3. The Morgan fingerprint density at radius 1 is 0.780 bits per heavy atom. The minimum atomic E-state index is -1.37. The summed E-state index contributed by atoms with van der Waals surface area (Å²) in [6, 6.07) is 0. The van der Waals surface area contributed by atoms with E-state index in [0.717, 1.165) is 0 Å². The average molecular weight is 603 g/mol. The Bertz CT molecular complexity index is 724. The summed E-state index contributed by atoms with van der Waals surface area (Å²) in [5, 5.41) is 39.6. The Morgan fingerprint density at radius 2 is 1.27 bits per heavy atom. The molecule has 8 atom stereocenters. The number of carbonyl (C=O) groups is 2. The van der Waals surface area contributed by atoms with Crippen LogP contribution in [0.1, 0.15) is 76.2 Å². The SMILES string of the molecule is CC(C)(C)OCC1O[C@H](C(C)(C)C)C(O)[C@@H](O)[C@@H]1O.COC(C)(C)C(C=O)OC(COC(C)(C)C)[C@@H](O)C=O.O.O. The maximum Gasteiger partial charge on any atom is 0.151 e. The second-order valence-corrected chi connectivity index (χ2v) is 13.4. The molecule has 0 radical (unpaired) electrons. The molecule has 0 spiro atoms. The van der Waals surface area contributed by atoms with E-state index in [0.29, 0.717) is 12.6 Å². The number of methoxy groups -OCH3 is 1. The molecule has 0 aromatic carbocycles. The van der Waals surface area contributed by atoms with Crippen LogP contribution in [0.5, 0.6) is 0 Å². The highest BCUT2D eigenvalue weighted by Gasteiger charge is 2.48. The van der Waals surface area contributed by atoms with E-state index in [-0.39, 0.29) is 35.2 Å². The van der Waals surface area contributed by atoms with Gasteiger partial charge in [0.15, 0.2) is 12.6 Å². The number of hydrogen-bond acceptors (Lipinski definition) is 11. The monoisotopic (exact) mass is 602 g/mol. The number of ether oxygens (including phenoxy) is 5. The van der Waals surface area contributed by atoms with E-state index in [1.807, 2.05) is 62.3 Å². The molecule has 0 aromatic heterocycles. The third-order valence-electron chi connectivity index (χ3n) is 6.10. The van der Waals surface area contributed by atoms with Gasteiger partial charge in [0.25, 0.3) is 0 Å². The molecular weight excluding hydrogens is 544 g/mol. The first-order valence-corrected chi connectivity index (χ1v) is 13.3. The standard InChI is InChI=1S/C14H26O6.C14H28O5.2H2O/c1-13(2,3)19-9-11(10(17)7-15)20-12(8-16)14(4,5)18-6;1-13(2,3)12-11(17)10(16)9(15)8(19-12)7-18-14(4,5)6;;/h7-8,10-12,17H,9H2,1-6H3;8-12,15-17H,7H2,1-6H3;2*1H2/t10-,11?,12?;8?,9-,10+,11?,12+;;/m01../s1. The Balaban J connectivity index is -0.000000672. The average Bonchev–Trinajstić information content (AvgIpc) is 2.80. The zero-order valence-corrected chi connectivity index (χ0v) is 26.8. The molecule has 1 fully saturated rings. The van der Waals surface area contributed by atoms with Gasteiger partial charge in [0.2, 0.25) is 0 Å². The lowest BCUT2D eigenvalue weighted by Gasteiger charge is -2.46. The highest BCUT2D eigenvalue weighted by molar-refractivity contribution is 5.59. The zero-order chi connectivity index (χ0) is 31.0. The van der Waals surface area contributed by atoms with E-state index in [1.54, 1.807) is 13.8 Å². The Hall–Kier alpha value is -1.10. The van der Waals surface area contributed by atoms with E-state index in [1.165, 1.54) is 7.11 Å². The van der Waals surface area contributed by atoms with Crippen LogP contribution in [0.25, 0.3) is 0 Å². The largest absolute Gasteiger partial charge is 0.412 e. The second kappa shape index (κ2) is 17.9. The highest BCUT2D eigenvalue weighted by atomic mass is 16.6. The number of aldehydes is 2. The lowest BCUT2D eigenvalue weighted by atomic mass is 9.80. The molecule has 0 aliphatic carbocycles. The van der Waals surface area contributed by atoms with Crippen molar-refractivity contribution >= 4 is 12.6 Å². The van der Waals surface area contributed by atoms with Gasteiger partial charge in [-0.3, -0.25) is 0 Å². The molecule has 4 unspecified atom stereocenters. The summed E-state index contributed by atoms with van der Waals surface area (Å²) < 4.78 is 27.6. The quantitative estimate of drug-likeness (QED) is 0.226. The van der Waals surface area contributed by atoms with Crippen LogP contribution in [0.2, 0.25) is 0 Å². The van der Waals surface area contributed by atoms with Crippen LogP contribution in [0, 0.1) is 5.41 Å². The fourth-order valence-corrected chi connectivity index (χ4v) is 3.44. The van der Waals surface area contributed by atoms with Gasteiger partial charge >= 0.3 is 0 Å². The van der Waals surface area contributed by atoms with Crippen LogP contribution in [0.3, 0.4) is 0 Å². The van der Waals surface area contributed by atoms with Gasteiger partial charge in [0.1, 0.15) is 42.7 Å². The number of rotatable bonds is 11. The Labute approximate surface area is 245 Å². The van der Waals surface area contributed by atoms with E-state index >= 15 is 0 Å². The minimum absolute atomic E-state index is 0. The van der Waals surface area contributed by atoms with Gasteiger partial charge in [-0.15, -0.1) is 0 Å². The second-order valence-electron chi connectivity index (χ2n) is 13.4. The maximum absolute atomic E-state index is 11.1. The van der Waals surface area contributed by atoms with E-state index < -0.39 is 60.0 Å². The van der Waals surface area contributed by atoms with Crippen molar-refractivity contribution in [1.82, 2.24) is 0 Å². The first-order valence-electron chi connectivity index (χ1n) is 13.3. The summed E-state index contributed by atoms with van der Waals surface area (Å²) >= 11 is 0. The molecule has 0 amide bonds. The van der Waals surface area contributed by atoms with Crippen molar-refractivity contribution in [2.45, 2.75) is 142 Å². The fourth-order valence-electron chi connectivity index (χ4n) is 3.44. The van der Waals surface area contributed by atoms with Crippen molar-refractivity contribution in [3.05, 3.63) is 0 Å². The van der Waals surface area contributed by atoms with Crippen molar-refractivity contribution < 1.29 is 64.7 Å². The molecule has 0 aromatic rings. The fraction of sp³-hybridized carbons (Fsp3) is 0.929. The van der Waals surface area contributed by atoms with Crippen LogP contribution < -0.4 is 0 Å². The molecule has 13 heteroatoms. The summed E-state index contributed by atoms with van der Waals surface area (Å²) in [7, 11) is 1.46. The number of hydrogen-bond donors (Lipinski definition) is 4. The normalized spacial score (nSPS) is 25.8. The van der Waals surface area contributed by atoms with Gasteiger partial charge in [-0.2, -0.15) is 0 Å². The van der Waals surface area contributed by atoms with Gasteiger partial charge in [-0.25, -0.2) is 0 Å². The van der Waals surface area contributed by atoms with Crippen LogP contribution >= 0.6 is 0 Å². The summed E-state index contributed by atoms with van der Waals surface area (Å²) in [6.45, 7) is 20.6. The maximum atomic E-state index is 11.1. The van der Waals surface area contributed by atoms with Crippen LogP contribution in [0.4, 0.5) is 0 Å². The predicted molar refractivity (Wildman–Crippen MR) is 153 cm³/mol. The molecule has 13 nitrogen and oxygen atoms in total. The van der Waals surface area contributed by atoms with Gasteiger partial charge in [-0.1, -0.05) is 20.8 Å². The third-order valence-corrected chi connectivity index (χ3v) is 6.10. The van der Waals surface area contributed by atoms with Crippen LogP contribution in [-0.4, -0.2) is 130 Å². The molecule has 0 saturated carbocycles. The summed E-state index contributed by atoms with van der Waals surface area (Å²) in [4.78, 5) is 21.9. The topological polar surface area (TPSA) is 224 Å². The van der Waals surface area contributed by atoms with Crippen LogP contribution in [-0.2, 0) is 33.3 Å². The lowest BCUT2D eigenvalue weighted by Crippen LogP contribution is -2.62. The Morgan fingerprint density at radius 3 is 1.63 bits per heavy atom. The minimum Gasteiger partial charge on any atom is -0.412 e. The van der Waals surface area contributed by atoms with E-state index in [2.05, 4.69) is 0 Å². The molecule has 1 heterocycles. The van der Waals surface area contributed by atoms with Crippen molar-refractivity contribution in [3.8, 4) is 0 Å². The molecule has 1 rings (SSSR count). The predicted octanol–water partition coefficient (Wildman–Crippen LogP) is -0.213. The summed E-state index contributed by atoms with van der Waals surface area (Å²) in [5.74, 6) is 0. The number of aliphatic hydroxyl groups excluding tert-OH is 4. The number of carbonyl (C=O) groups excluding carboxylic acids is 2. The first-order chi connectivity index (χ1) is 17.5. The third kappa shape index (κ3) is 15.8.